The molecule has 2 aliphatic heterocycles. The van der Waals surface area contributed by atoms with Gasteiger partial charge in [-0.05, 0) is 52.5 Å². The van der Waals surface area contributed by atoms with Crippen molar-refractivity contribution in [2.75, 3.05) is 28.1 Å². The lowest BCUT2D eigenvalue weighted by Gasteiger charge is -2.35. The predicted octanol–water partition coefficient (Wildman–Crippen LogP) is 6.92. The molecule has 0 radical (unpaired) electrons. The highest BCUT2D eigenvalue weighted by Crippen LogP contribution is 2.50. The number of benzene rings is 3. The maximum Gasteiger partial charge on any atom is 0.231 e. The highest BCUT2D eigenvalue weighted by Gasteiger charge is 2.44. The summed E-state index contributed by atoms with van der Waals surface area (Å²) in [5, 5.41) is 0. The van der Waals surface area contributed by atoms with Crippen molar-refractivity contribution in [3.63, 3.8) is 0 Å². The van der Waals surface area contributed by atoms with Crippen LogP contribution in [0.2, 0.25) is 0 Å². The van der Waals surface area contributed by atoms with E-state index in [1.54, 1.807) is 14.2 Å². The molecule has 0 saturated carbocycles. The molecule has 2 unspecified atom stereocenters. The Morgan fingerprint density at radius 2 is 1.56 bits per heavy atom. The van der Waals surface area contributed by atoms with Gasteiger partial charge in [-0.3, -0.25) is 0 Å². The molecule has 1 aliphatic carbocycles. The van der Waals surface area contributed by atoms with Gasteiger partial charge in [-0.15, -0.1) is 0 Å². The average Bonchev–Trinajstić information content (AvgIpc) is 3.41. The molecule has 2 atom stereocenters. The number of hydrogen-bond donors (Lipinski definition) is 0. The average molecular weight is 519 g/mol. The summed E-state index contributed by atoms with van der Waals surface area (Å²) in [6.07, 6.45) is 6.70. The number of methoxy groups -OCH3 is 2. The minimum Gasteiger partial charge on any atom is -0.493 e. The van der Waals surface area contributed by atoms with Crippen molar-refractivity contribution < 1.29 is 23.5 Å². The van der Waals surface area contributed by atoms with Crippen molar-refractivity contribution in [2.24, 2.45) is 5.92 Å². The lowest BCUT2D eigenvalue weighted by atomic mass is 9.72. The van der Waals surface area contributed by atoms with E-state index in [1.165, 1.54) is 22.3 Å². The van der Waals surface area contributed by atoms with Gasteiger partial charge < -0.3 is 18.9 Å². The molecule has 3 aromatic rings. The van der Waals surface area contributed by atoms with E-state index in [0.29, 0.717) is 17.3 Å². The second kappa shape index (κ2) is 9.99. The summed E-state index contributed by atoms with van der Waals surface area (Å²) in [4.78, 5) is 0. The molecular formula is C34H32NO4+. The van der Waals surface area contributed by atoms with E-state index in [0.717, 1.165) is 28.0 Å². The molecular weight excluding hydrogens is 486 g/mol. The van der Waals surface area contributed by atoms with Crippen molar-refractivity contribution in [1.82, 2.24) is 0 Å². The fourth-order valence-electron chi connectivity index (χ4n) is 5.99. The summed E-state index contributed by atoms with van der Waals surface area (Å²) in [6, 6.07) is 23.5. The molecule has 1 saturated heterocycles. The largest absolute Gasteiger partial charge is 0.493 e. The highest BCUT2D eigenvalue weighted by molar-refractivity contribution is 5.89. The van der Waals surface area contributed by atoms with Crippen LogP contribution in [0.3, 0.4) is 0 Å². The minimum absolute atomic E-state index is 0.0679. The van der Waals surface area contributed by atoms with Crippen LogP contribution in [0.4, 0.5) is 0 Å². The molecule has 2 heterocycles. The lowest BCUT2D eigenvalue weighted by Crippen LogP contribution is -2.34. The number of allylic oxidation sites excluding steroid dienone is 2. The Morgan fingerprint density at radius 1 is 0.897 bits per heavy atom. The molecule has 0 N–H and O–H groups in total. The van der Waals surface area contributed by atoms with Gasteiger partial charge in [-0.1, -0.05) is 73.3 Å². The fraction of sp³-hybridized carbons (Fsp3) is 0.206. The molecule has 0 bridgehead atoms. The standard InChI is InChI=1S/C34H32NO4/c1-6-25-28-16-26(24-14-12-23(13-15-24)22-10-8-7-9-11-22)27-17-31(36-4)32(37-5)18-29(27)33(28)35(3)19-30(25)34-21(2)38-20-39-34/h6-19,28,33H,2,20H2,1,3-5H3/q+1. The second-order valence-electron chi connectivity index (χ2n) is 9.90. The number of fused-ring (bicyclic) bond motifs is 3. The molecule has 196 valence electrons. The molecule has 0 amide bonds. The zero-order chi connectivity index (χ0) is 27.1. The first kappa shape index (κ1) is 24.8. The molecule has 3 aromatic carbocycles. The van der Waals surface area contributed by atoms with Crippen molar-refractivity contribution in [2.45, 2.75) is 13.0 Å². The van der Waals surface area contributed by atoms with Crippen molar-refractivity contribution in [3.8, 4) is 22.6 Å². The predicted molar refractivity (Wildman–Crippen MR) is 154 cm³/mol. The Balaban J connectivity index is 1.55. The van der Waals surface area contributed by atoms with Crippen LogP contribution in [0.1, 0.15) is 29.7 Å². The van der Waals surface area contributed by atoms with E-state index in [4.69, 9.17) is 18.9 Å². The second-order valence-corrected chi connectivity index (χ2v) is 9.90. The van der Waals surface area contributed by atoms with Crippen LogP contribution in [-0.4, -0.2) is 38.9 Å². The van der Waals surface area contributed by atoms with E-state index in [9.17, 15) is 0 Å². The number of rotatable bonds is 4. The monoisotopic (exact) mass is 518 g/mol. The zero-order valence-corrected chi connectivity index (χ0v) is 22.7. The molecule has 5 nitrogen and oxygen atoms in total. The molecule has 5 heteroatoms. The third kappa shape index (κ3) is 4.15. The molecule has 39 heavy (non-hydrogen) atoms. The van der Waals surface area contributed by atoms with Crippen LogP contribution >= 0.6 is 0 Å². The Morgan fingerprint density at radius 3 is 2.21 bits per heavy atom. The first-order chi connectivity index (χ1) is 19.0. The summed E-state index contributed by atoms with van der Waals surface area (Å²) in [7, 11) is 5.47. The molecule has 0 aromatic heterocycles. The fourth-order valence-corrected chi connectivity index (χ4v) is 5.99. The Kier molecular flexibility index (Phi) is 6.35. The first-order valence-corrected chi connectivity index (χ1v) is 13.1. The third-order valence-corrected chi connectivity index (χ3v) is 7.84. The van der Waals surface area contributed by atoms with E-state index < -0.39 is 0 Å². The number of ether oxygens (including phenoxy) is 4. The van der Waals surface area contributed by atoms with E-state index in [2.05, 4.69) is 104 Å². The van der Waals surface area contributed by atoms with Gasteiger partial charge in [0.15, 0.2) is 35.3 Å². The smallest absolute Gasteiger partial charge is 0.231 e. The SMILES string of the molecule is C=C1OCOC1=C1C=[N+](C)C2c3cc(OC)c(OC)cc3C(c3ccc(-c4ccccc4)cc3)=CC2C1=CC. The molecule has 6 rings (SSSR count). The van der Waals surface area contributed by atoms with Crippen LogP contribution in [0, 0.1) is 5.92 Å². The van der Waals surface area contributed by atoms with Gasteiger partial charge in [0.2, 0.25) is 6.79 Å². The number of hydrogen-bond acceptors (Lipinski definition) is 4. The van der Waals surface area contributed by atoms with Gasteiger partial charge in [0, 0.05) is 5.56 Å². The maximum absolute atomic E-state index is 5.87. The molecule has 3 aliphatic rings. The summed E-state index contributed by atoms with van der Waals surface area (Å²) in [6.45, 7) is 6.34. The van der Waals surface area contributed by atoms with Gasteiger partial charge >= 0.3 is 0 Å². The Bertz CT molecular complexity index is 1580. The summed E-state index contributed by atoms with van der Waals surface area (Å²) < 4.78 is 25.2. The van der Waals surface area contributed by atoms with E-state index >= 15 is 0 Å². The minimum atomic E-state index is 0.0679. The molecule has 1 fully saturated rings. The Labute approximate surface area is 229 Å². The van der Waals surface area contributed by atoms with Gasteiger partial charge in [0.1, 0.15) is 7.05 Å². The summed E-state index contributed by atoms with van der Waals surface area (Å²) in [5.74, 6) is 2.77. The normalized spacial score (nSPS) is 22.8. The van der Waals surface area contributed by atoms with Gasteiger partial charge in [-0.2, -0.15) is 0 Å². The van der Waals surface area contributed by atoms with Crippen LogP contribution in [-0.2, 0) is 9.47 Å². The zero-order valence-electron chi connectivity index (χ0n) is 22.7. The van der Waals surface area contributed by atoms with Gasteiger partial charge in [-0.25, -0.2) is 4.58 Å². The van der Waals surface area contributed by atoms with Crippen LogP contribution in [0.15, 0.2) is 108 Å². The van der Waals surface area contributed by atoms with E-state index in [-0.39, 0.29) is 18.8 Å². The highest BCUT2D eigenvalue weighted by atomic mass is 16.7. The van der Waals surface area contributed by atoms with Crippen molar-refractivity contribution in [1.29, 1.82) is 0 Å². The van der Waals surface area contributed by atoms with Gasteiger partial charge in [0.05, 0.1) is 25.7 Å². The maximum atomic E-state index is 5.87. The van der Waals surface area contributed by atoms with Gasteiger partial charge in [0.25, 0.3) is 0 Å². The van der Waals surface area contributed by atoms with Crippen molar-refractivity contribution in [3.05, 3.63) is 125 Å². The van der Waals surface area contributed by atoms with E-state index in [1.807, 2.05) is 6.07 Å². The Hall–Kier alpha value is -4.51. The quantitative estimate of drug-likeness (QED) is 0.352. The first-order valence-electron chi connectivity index (χ1n) is 13.1. The summed E-state index contributed by atoms with van der Waals surface area (Å²) in [5.41, 5.74) is 9.20. The van der Waals surface area contributed by atoms with Crippen LogP contribution < -0.4 is 9.47 Å². The topological polar surface area (TPSA) is 39.9 Å². The van der Waals surface area contributed by atoms with Crippen molar-refractivity contribution >= 4 is 11.8 Å². The number of nitrogens with zero attached hydrogens (tertiary/aromatic N) is 1. The third-order valence-electron chi connectivity index (χ3n) is 7.84. The van der Waals surface area contributed by atoms with Crippen LogP contribution in [0.25, 0.3) is 16.7 Å². The summed E-state index contributed by atoms with van der Waals surface area (Å²) >= 11 is 0. The van der Waals surface area contributed by atoms with Crippen LogP contribution in [0.5, 0.6) is 11.5 Å². The lowest BCUT2D eigenvalue weighted by molar-refractivity contribution is -0.548. The molecule has 0 spiro atoms.